The number of hydrogen-bond donors (Lipinski definition) is 1. The van der Waals surface area contributed by atoms with E-state index in [4.69, 9.17) is 4.42 Å². The summed E-state index contributed by atoms with van der Waals surface area (Å²) in [5, 5.41) is 3.86. The van der Waals surface area contributed by atoms with E-state index in [9.17, 15) is 9.59 Å². The highest BCUT2D eigenvalue weighted by Gasteiger charge is 2.14. The molecule has 3 aromatic rings. The number of benzene rings is 2. The zero-order chi connectivity index (χ0) is 20.3. The monoisotopic (exact) mass is 378 g/mol. The number of furan rings is 1. The maximum absolute atomic E-state index is 12.5. The SMILES string of the molecule is CCN(CC)C(=O)c1ccc(NC(=O)Cc2coc3c(C)c(C)ccc23)cc1. The van der Waals surface area contributed by atoms with Gasteiger partial charge in [0.15, 0.2) is 0 Å². The summed E-state index contributed by atoms with van der Waals surface area (Å²) < 4.78 is 5.68. The lowest BCUT2D eigenvalue weighted by Crippen LogP contribution is -2.30. The van der Waals surface area contributed by atoms with Crippen molar-refractivity contribution in [3.8, 4) is 0 Å². The zero-order valence-corrected chi connectivity index (χ0v) is 16.8. The fourth-order valence-electron chi connectivity index (χ4n) is 3.29. The molecule has 5 heteroatoms. The highest BCUT2D eigenvalue weighted by Crippen LogP contribution is 2.27. The van der Waals surface area contributed by atoms with Gasteiger partial charge in [0, 0.05) is 35.3 Å². The molecule has 1 heterocycles. The van der Waals surface area contributed by atoms with Crippen LogP contribution in [-0.2, 0) is 11.2 Å². The van der Waals surface area contributed by atoms with Crippen molar-refractivity contribution in [2.45, 2.75) is 34.1 Å². The normalized spacial score (nSPS) is 10.9. The molecule has 1 aromatic heterocycles. The molecule has 3 rings (SSSR count). The number of nitrogens with zero attached hydrogens (tertiary/aromatic N) is 1. The number of carbonyl (C=O) groups is 2. The summed E-state index contributed by atoms with van der Waals surface area (Å²) in [4.78, 5) is 26.6. The number of amides is 2. The molecule has 28 heavy (non-hydrogen) atoms. The Bertz CT molecular complexity index is 999. The molecule has 0 unspecified atom stereocenters. The summed E-state index contributed by atoms with van der Waals surface area (Å²) in [6, 6.07) is 11.0. The molecule has 0 aliphatic heterocycles. The van der Waals surface area contributed by atoms with Gasteiger partial charge < -0.3 is 14.6 Å². The van der Waals surface area contributed by atoms with Gasteiger partial charge in [0.1, 0.15) is 5.58 Å². The van der Waals surface area contributed by atoms with E-state index in [0.29, 0.717) is 24.3 Å². The van der Waals surface area contributed by atoms with Crippen LogP contribution in [0.2, 0.25) is 0 Å². The summed E-state index contributed by atoms with van der Waals surface area (Å²) in [7, 11) is 0. The van der Waals surface area contributed by atoms with Gasteiger partial charge in [-0.25, -0.2) is 0 Å². The smallest absolute Gasteiger partial charge is 0.253 e. The minimum Gasteiger partial charge on any atom is -0.464 e. The molecular weight excluding hydrogens is 352 g/mol. The van der Waals surface area contributed by atoms with E-state index < -0.39 is 0 Å². The molecule has 5 nitrogen and oxygen atoms in total. The topological polar surface area (TPSA) is 62.6 Å². The van der Waals surface area contributed by atoms with Gasteiger partial charge in [0.2, 0.25) is 5.91 Å². The number of rotatable bonds is 6. The lowest BCUT2D eigenvalue weighted by molar-refractivity contribution is -0.115. The summed E-state index contributed by atoms with van der Waals surface area (Å²) >= 11 is 0. The molecule has 2 amide bonds. The lowest BCUT2D eigenvalue weighted by atomic mass is 10.0. The van der Waals surface area contributed by atoms with Crippen LogP contribution in [0, 0.1) is 13.8 Å². The van der Waals surface area contributed by atoms with Crippen molar-refractivity contribution in [3.05, 3.63) is 64.9 Å². The van der Waals surface area contributed by atoms with E-state index in [2.05, 4.69) is 5.32 Å². The Labute approximate surface area is 165 Å². The molecular formula is C23H26N2O3. The van der Waals surface area contributed by atoms with E-state index in [1.165, 1.54) is 0 Å². The van der Waals surface area contributed by atoms with Crippen molar-refractivity contribution in [2.75, 3.05) is 18.4 Å². The zero-order valence-electron chi connectivity index (χ0n) is 16.8. The third-order valence-corrected chi connectivity index (χ3v) is 5.16. The third kappa shape index (κ3) is 3.93. The fraction of sp³-hybridized carbons (Fsp3) is 0.304. The van der Waals surface area contributed by atoms with Crippen LogP contribution in [0.25, 0.3) is 11.0 Å². The number of anilines is 1. The molecule has 0 aliphatic carbocycles. The van der Waals surface area contributed by atoms with Crippen LogP contribution in [0.5, 0.6) is 0 Å². The quantitative estimate of drug-likeness (QED) is 0.675. The molecule has 146 valence electrons. The molecule has 0 aliphatic rings. The van der Waals surface area contributed by atoms with E-state index in [1.54, 1.807) is 35.4 Å². The van der Waals surface area contributed by atoms with Gasteiger partial charge in [-0.3, -0.25) is 9.59 Å². The predicted octanol–water partition coefficient (Wildman–Crippen LogP) is 4.71. The molecule has 2 aromatic carbocycles. The first-order valence-electron chi connectivity index (χ1n) is 9.60. The van der Waals surface area contributed by atoms with Gasteiger partial charge >= 0.3 is 0 Å². The highest BCUT2D eigenvalue weighted by molar-refractivity contribution is 5.97. The first-order valence-corrected chi connectivity index (χ1v) is 9.60. The van der Waals surface area contributed by atoms with E-state index >= 15 is 0 Å². The molecule has 0 radical (unpaired) electrons. The van der Waals surface area contributed by atoms with Crippen LogP contribution in [-0.4, -0.2) is 29.8 Å². The Morgan fingerprint density at radius 2 is 1.68 bits per heavy atom. The van der Waals surface area contributed by atoms with Crippen molar-refractivity contribution in [3.63, 3.8) is 0 Å². The first kappa shape index (κ1) is 19.7. The average Bonchev–Trinajstić information content (AvgIpc) is 3.09. The summed E-state index contributed by atoms with van der Waals surface area (Å²) in [5.74, 6) is -0.123. The fourth-order valence-corrected chi connectivity index (χ4v) is 3.29. The van der Waals surface area contributed by atoms with Crippen LogP contribution in [0.4, 0.5) is 5.69 Å². The van der Waals surface area contributed by atoms with Crippen molar-refractivity contribution >= 4 is 28.5 Å². The molecule has 0 atom stereocenters. The maximum atomic E-state index is 12.5. The molecule has 0 saturated carbocycles. The molecule has 0 bridgehead atoms. The Hall–Kier alpha value is -3.08. The molecule has 1 N–H and O–H groups in total. The van der Waals surface area contributed by atoms with Gasteiger partial charge in [-0.05, 0) is 63.1 Å². The van der Waals surface area contributed by atoms with Gasteiger partial charge in [-0.1, -0.05) is 12.1 Å². The second-order valence-corrected chi connectivity index (χ2v) is 6.92. The largest absolute Gasteiger partial charge is 0.464 e. The summed E-state index contributed by atoms with van der Waals surface area (Å²) in [6.45, 7) is 9.32. The van der Waals surface area contributed by atoms with E-state index in [1.807, 2.05) is 39.8 Å². The lowest BCUT2D eigenvalue weighted by Gasteiger charge is -2.18. The number of aryl methyl sites for hydroxylation is 2. The van der Waals surface area contributed by atoms with Crippen LogP contribution in [0.1, 0.15) is 40.9 Å². The number of carbonyl (C=O) groups excluding carboxylic acids is 2. The molecule has 0 fully saturated rings. The summed E-state index contributed by atoms with van der Waals surface area (Å²) in [5.41, 5.74) is 5.25. The first-order chi connectivity index (χ1) is 13.4. The summed E-state index contributed by atoms with van der Waals surface area (Å²) in [6.07, 6.45) is 1.89. The number of fused-ring (bicyclic) bond motifs is 1. The van der Waals surface area contributed by atoms with Gasteiger partial charge in [0.25, 0.3) is 5.91 Å². The van der Waals surface area contributed by atoms with Crippen molar-refractivity contribution in [1.29, 1.82) is 0 Å². The number of nitrogens with one attached hydrogen (secondary N) is 1. The minimum atomic E-state index is -0.122. The predicted molar refractivity (Wildman–Crippen MR) is 112 cm³/mol. The number of hydrogen-bond acceptors (Lipinski definition) is 3. The van der Waals surface area contributed by atoms with Crippen LogP contribution in [0.15, 0.2) is 47.1 Å². The Morgan fingerprint density at radius 3 is 2.32 bits per heavy atom. The third-order valence-electron chi connectivity index (χ3n) is 5.16. The highest BCUT2D eigenvalue weighted by atomic mass is 16.3. The second kappa shape index (κ2) is 8.30. The average molecular weight is 378 g/mol. The minimum absolute atomic E-state index is 0.00148. The standard InChI is InChI=1S/C23H26N2O3/c1-5-25(6-2)23(27)17-8-10-19(11-9-17)24-21(26)13-18-14-28-22-16(4)15(3)7-12-20(18)22/h7-12,14H,5-6,13H2,1-4H3,(H,24,26). The van der Waals surface area contributed by atoms with E-state index in [-0.39, 0.29) is 18.2 Å². The van der Waals surface area contributed by atoms with Crippen LogP contribution in [0.3, 0.4) is 0 Å². The maximum Gasteiger partial charge on any atom is 0.253 e. The Morgan fingerprint density at radius 1 is 1.00 bits per heavy atom. The Balaban J connectivity index is 1.69. The van der Waals surface area contributed by atoms with Gasteiger partial charge in [-0.15, -0.1) is 0 Å². The van der Waals surface area contributed by atoms with Crippen LogP contribution < -0.4 is 5.32 Å². The van der Waals surface area contributed by atoms with Gasteiger partial charge in [-0.2, -0.15) is 0 Å². The van der Waals surface area contributed by atoms with Crippen molar-refractivity contribution in [2.24, 2.45) is 0 Å². The Kier molecular flexibility index (Phi) is 5.83. The van der Waals surface area contributed by atoms with Crippen LogP contribution >= 0.6 is 0 Å². The molecule has 0 saturated heterocycles. The van der Waals surface area contributed by atoms with E-state index in [0.717, 1.165) is 27.7 Å². The van der Waals surface area contributed by atoms with Crippen molar-refractivity contribution in [1.82, 2.24) is 4.90 Å². The second-order valence-electron chi connectivity index (χ2n) is 6.92. The van der Waals surface area contributed by atoms with Crippen molar-refractivity contribution < 1.29 is 14.0 Å². The molecule has 0 spiro atoms. The van der Waals surface area contributed by atoms with Gasteiger partial charge in [0.05, 0.1) is 12.7 Å².